The Labute approximate surface area is 91.4 Å². The molecule has 0 aliphatic carbocycles. The summed E-state index contributed by atoms with van der Waals surface area (Å²) in [5.41, 5.74) is 0. The van der Waals surface area contributed by atoms with Crippen LogP contribution in [0.1, 0.15) is 47.0 Å². The fourth-order valence-electron chi connectivity index (χ4n) is 1.30. The third-order valence-electron chi connectivity index (χ3n) is 2.12. The van der Waals surface area contributed by atoms with E-state index in [9.17, 15) is 9.59 Å². The predicted molar refractivity (Wildman–Crippen MR) is 58.4 cm³/mol. The topological polar surface area (TPSA) is 55.4 Å². The lowest BCUT2D eigenvalue weighted by molar-refractivity contribution is -0.152. The third-order valence-corrected chi connectivity index (χ3v) is 2.12. The van der Waals surface area contributed by atoms with Gasteiger partial charge in [-0.1, -0.05) is 20.3 Å². The highest BCUT2D eigenvalue weighted by Gasteiger charge is 2.18. The highest BCUT2D eigenvalue weighted by molar-refractivity contribution is 5.82. The van der Waals surface area contributed by atoms with Crippen LogP contribution in [0.2, 0.25) is 0 Å². The second-order valence-electron chi connectivity index (χ2n) is 3.68. The molecule has 1 N–H and O–H groups in total. The summed E-state index contributed by atoms with van der Waals surface area (Å²) in [7, 11) is 0. The molecule has 2 unspecified atom stereocenters. The molecular formula is C11H21NO3. The van der Waals surface area contributed by atoms with Gasteiger partial charge in [0.2, 0.25) is 5.91 Å². The van der Waals surface area contributed by atoms with Crippen LogP contribution in [-0.4, -0.2) is 24.0 Å². The molecule has 0 aromatic heterocycles. The van der Waals surface area contributed by atoms with E-state index in [1.54, 1.807) is 6.92 Å². The number of carbonyl (C=O) groups excluding carboxylic acids is 2. The number of rotatable bonds is 6. The van der Waals surface area contributed by atoms with Gasteiger partial charge in [-0.15, -0.1) is 0 Å². The summed E-state index contributed by atoms with van der Waals surface area (Å²) in [5, 5.41) is 2.50. The van der Waals surface area contributed by atoms with Crippen molar-refractivity contribution >= 4 is 11.9 Å². The van der Waals surface area contributed by atoms with E-state index < -0.39 is 6.04 Å². The van der Waals surface area contributed by atoms with Crippen LogP contribution >= 0.6 is 0 Å². The van der Waals surface area contributed by atoms with Crippen LogP contribution in [-0.2, 0) is 14.3 Å². The summed E-state index contributed by atoms with van der Waals surface area (Å²) in [6.07, 6.45) is 2.64. The highest BCUT2D eigenvalue weighted by Crippen LogP contribution is 2.07. The van der Waals surface area contributed by atoms with Crippen molar-refractivity contribution in [2.24, 2.45) is 0 Å². The SMILES string of the molecule is CCCC(CC)OC(=O)C(C)NC(C)=O. The Balaban J connectivity index is 4.03. The molecule has 0 aromatic rings. The zero-order chi connectivity index (χ0) is 11.8. The van der Waals surface area contributed by atoms with E-state index >= 15 is 0 Å². The molecule has 0 saturated heterocycles. The highest BCUT2D eigenvalue weighted by atomic mass is 16.5. The molecule has 0 fully saturated rings. The molecule has 1 amide bonds. The predicted octanol–water partition coefficient (Wildman–Crippen LogP) is 1.63. The van der Waals surface area contributed by atoms with Crippen molar-refractivity contribution < 1.29 is 14.3 Å². The maximum absolute atomic E-state index is 11.5. The number of amides is 1. The molecule has 4 heteroatoms. The Bertz CT molecular complexity index is 216. The normalized spacial score (nSPS) is 14.1. The van der Waals surface area contributed by atoms with E-state index in [2.05, 4.69) is 5.32 Å². The van der Waals surface area contributed by atoms with Gasteiger partial charge in [-0.2, -0.15) is 0 Å². The smallest absolute Gasteiger partial charge is 0.328 e. The maximum Gasteiger partial charge on any atom is 0.328 e. The third kappa shape index (κ3) is 6.10. The molecule has 4 nitrogen and oxygen atoms in total. The van der Waals surface area contributed by atoms with Gasteiger partial charge in [0.1, 0.15) is 12.1 Å². The molecule has 15 heavy (non-hydrogen) atoms. The van der Waals surface area contributed by atoms with Crippen molar-refractivity contribution in [2.75, 3.05) is 0 Å². The van der Waals surface area contributed by atoms with Crippen LogP contribution in [0.5, 0.6) is 0 Å². The summed E-state index contributed by atoms with van der Waals surface area (Å²) < 4.78 is 5.25. The Morgan fingerprint density at radius 1 is 1.33 bits per heavy atom. The molecule has 0 aromatic carbocycles. The second-order valence-corrected chi connectivity index (χ2v) is 3.68. The van der Waals surface area contributed by atoms with Crippen LogP contribution in [0.25, 0.3) is 0 Å². The minimum atomic E-state index is -0.562. The van der Waals surface area contributed by atoms with Crippen molar-refractivity contribution in [3.8, 4) is 0 Å². The Morgan fingerprint density at radius 2 is 1.93 bits per heavy atom. The summed E-state index contributed by atoms with van der Waals surface area (Å²) in [6, 6.07) is -0.562. The van der Waals surface area contributed by atoms with E-state index in [-0.39, 0.29) is 18.0 Å². The first-order valence-corrected chi connectivity index (χ1v) is 5.48. The van der Waals surface area contributed by atoms with E-state index in [0.717, 1.165) is 19.3 Å². The Morgan fingerprint density at radius 3 is 2.33 bits per heavy atom. The average Bonchev–Trinajstić information content (AvgIpc) is 2.15. The van der Waals surface area contributed by atoms with E-state index in [0.29, 0.717) is 0 Å². The quantitative estimate of drug-likeness (QED) is 0.685. The lowest BCUT2D eigenvalue weighted by Crippen LogP contribution is -2.39. The molecule has 0 aliphatic heterocycles. The summed E-state index contributed by atoms with van der Waals surface area (Å²) in [6.45, 7) is 7.04. The molecule has 2 atom stereocenters. The molecular weight excluding hydrogens is 194 g/mol. The van der Waals surface area contributed by atoms with Crippen molar-refractivity contribution in [3.05, 3.63) is 0 Å². The fraction of sp³-hybridized carbons (Fsp3) is 0.818. The largest absolute Gasteiger partial charge is 0.461 e. The van der Waals surface area contributed by atoms with Crippen molar-refractivity contribution in [1.29, 1.82) is 0 Å². The number of ether oxygens (including phenoxy) is 1. The van der Waals surface area contributed by atoms with Gasteiger partial charge in [-0.25, -0.2) is 4.79 Å². The van der Waals surface area contributed by atoms with Gasteiger partial charge >= 0.3 is 5.97 Å². The number of carbonyl (C=O) groups is 2. The van der Waals surface area contributed by atoms with Crippen molar-refractivity contribution in [3.63, 3.8) is 0 Å². The fourth-order valence-corrected chi connectivity index (χ4v) is 1.30. The number of nitrogens with one attached hydrogen (secondary N) is 1. The number of hydrogen-bond donors (Lipinski definition) is 1. The molecule has 0 rings (SSSR count). The average molecular weight is 215 g/mol. The van der Waals surface area contributed by atoms with Gasteiger partial charge in [-0.3, -0.25) is 4.79 Å². The molecule has 0 aliphatic rings. The van der Waals surface area contributed by atoms with Gasteiger partial charge in [0.25, 0.3) is 0 Å². The first-order valence-electron chi connectivity index (χ1n) is 5.48. The lowest BCUT2D eigenvalue weighted by atomic mass is 10.1. The minimum absolute atomic E-state index is 0.0290. The molecule has 0 spiro atoms. The Kier molecular flexibility index (Phi) is 6.75. The van der Waals surface area contributed by atoms with Crippen LogP contribution in [0, 0.1) is 0 Å². The number of hydrogen-bond acceptors (Lipinski definition) is 3. The van der Waals surface area contributed by atoms with Crippen molar-refractivity contribution in [1.82, 2.24) is 5.32 Å². The Hall–Kier alpha value is -1.06. The van der Waals surface area contributed by atoms with Gasteiger partial charge in [-0.05, 0) is 19.8 Å². The van der Waals surface area contributed by atoms with Gasteiger partial charge in [0.15, 0.2) is 0 Å². The maximum atomic E-state index is 11.5. The molecule has 0 saturated carbocycles. The van der Waals surface area contributed by atoms with Crippen LogP contribution in [0.4, 0.5) is 0 Å². The van der Waals surface area contributed by atoms with Crippen LogP contribution in [0.3, 0.4) is 0 Å². The van der Waals surface area contributed by atoms with Gasteiger partial charge in [0, 0.05) is 6.92 Å². The number of esters is 1. The van der Waals surface area contributed by atoms with E-state index in [4.69, 9.17) is 4.74 Å². The minimum Gasteiger partial charge on any atom is -0.461 e. The van der Waals surface area contributed by atoms with Gasteiger partial charge < -0.3 is 10.1 Å². The van der Waals surface area contributed by atoms with E-state index in [1.165, 1.54) is 6.92 Å². The van der Waals surface area contributed by atoms with Crippen molar-refractivity contribution in [2.45, 2.75) is 59.1 Å². The summed E-state index contributed by atoms with van der Waals surface area (Å²) in [5.74, 6) is -0.575. The molecule has 88 valence electrons. The van der Waals surface area contributed by atoms with Crippen LogP contribution < -0.4 is 5.32 Å². The first-order chi connectivity index (χ1) is 7.01. The zero-order valence-corrected chi connectivity index (χ0v) is 10.0. The molecule has 0 bridgehead atoms. The monoisotopic (exact) mass is 215 g/mol. The van der Waals surface area contributed by atoms with E-state index in [1.807, 2.05) is 13.8 Å². The summed E-state index contributed by atoms with van der Waals surface area (Å²) in [4.78, 5) is 22.2. The van der Waals surface area contributed by atoms with Crippen LogP contribution in [0.15, 0.2) is 0 Å². The standard InChI is InChI=1S/C11H21NO3/c1-5-7-10(6-2)15-11(14)8(3)12-9(4)13/h8,10H,5-7H2,1-4H3,(H,12,13). The molecule has 0 radical (unpaired) electrons. The summed E-state index contributed by atoms with van der Waals surface area (Å²) >= 11 is 0. The first kappa shape index (κ1) is 13.9. The second kappa shape index (κ2) is 7.26. The van der Waals surface area contributed by atoms with Gasteiger partial charge in [0.05, 0.1) is 0 Å². The molecule has 0 heterocycles. The zero-order valence-electron chi connectivity index (χ0n) is 10.0. The lowest BCUT2D eigenvalue weighted by Gasteiger charge is -2.18.